The number of carbonyl (C=O) groups excluding carboxylic acids is 1. The molecule has 0 aliphatic heterocycles. The van der Waals surface area contributed by atoms with Gasteiger partial charge in [-0.3, -0.25) is 4.79 Å². The van der Waals surface area contributed by atoms with E-state index in [1.807, 2.05) is 30.3 Å². The third kappa shape index (κ3) is 6.45. The molecule has 1 aliphatic rings. The maximum absolute atomic E-state index is 13.7. The summed E-state index contributed by atoms with van der Waals surface area (Å²) in [6.07, 6.45) is -3.08. The van der Waals surface area contributed by atoms with E-state index in [2.05, 4.69) is 0 Å². The smallest absolute Gasteiger partial charge is 0.416 e. The minimum atomic E-state index is -4.59. The van der Waals surface area contributed by atoms with Gasteiger partial charge in [0.1, 0.15) is 12.4 Å². The van der Waals surface area contributed by atoms with Crippen LogP contribution in [0.3, 0.4) is 0 Å². The minimum absolute atomic E-state index is 0.0450. The van der Waals surface area contributed by atoms with Crippen molar-refractivity contribution < 1.29 is 37.3 Å². The number of carboxylic acid groups (broad SMARTS) is 1. The van der Waals surface area contributed by atoms with Crippen molar-refractivity contribution in [2.45, 2.75) is 51.1 Å². The zero-order valence-electron chi connectivity index (χ0n) is 20.8. The van der Waals surface area contributed by atoms with Gasteiger partial charge in [0.25, 0.3) is 0 Å². The summed E-state index contributed by atoms with van der Waals surface area (Å²) in [5.74, 6) is -0.659. The number of aliphatic carboxylic acids is 1. The fourth-order valence-electron chi connectivity index (χ4n) is 4.44. The molecule has 0 heterocycles. The molecule has 0 bridgehead atoms. The first kappa shape index (κ1) is 27.0. The Hall–Kier alpha value is -4.01. The molecule has 0 aromatic heterocycles. The van der Waals surface area contributed by atoms with Gasteiger partial charge in [0.05, 0.1) is 19.1 Å². The number of carbonyl (C=O) groups is 2. The Balaban J connectivity index is 1.72. The average molecular weight is 528 g/mol. The number of carboxylic acids is 1. The highest BCUT2D eigenvalue weighted by Crippen LogP contribution is 2.39. The van der Waals surface area contributed by atoms with Crippen molar-refractivity contribution in [1.29, 1.82) is 0 Å². The van der Waals surface area contributed by atoms with Crippen LogP contribution in [0.5, 0.6) is 5.75 Å². The molecule has 0 unspecified atom stereocenters. The van der Waals surface area contributed by atoms with Crippen molar-refractivity contribution in [2.24, 2.45) is 0 Å². The number of halogens is 3. The van der Waals surface area contributed by atoms with Gasteiger partial charge in [0.2, 0.25) is 0 Å². The molecule has 200 valence electrons. The Morgan fingerprint density at radius 2 is 1.71 bits per heavy atom. The lowest BCUT2D eigenvalue weighted by molar-refractivity contribution is -0.138. The standard InChI is InChI=1S/C29H28F3NO5/c1-37-26-13-10-20(15-27(34)35)14-25(26)24-12-11-22(29(30,31)32)16-21(24)17-33(23-8-5-9-23)28(36)38-18-19-6-3-2-4-7-19/h2-4,6-7,10-14,16,23H,5,8-9,15,17-18H2,1H3,(H,34,35). The van der Waals surface area contributed by atoms with E-state index >= 15 is 0 Å². The lowest BCUT2D eigenvalue weighted by Crippen LogP contribution is -2.44. The molecule has 1 amide bonds. The number of hydrogen-bond donors (Lipinski definition) is 1. The quantitative estimate of drug-likeness (QED) is 0.335. The molecule has 6 nitrogen and oxygen atoms in total. The average Bonchev–Trinajstić information content (AvgIpc) is 2.85. The maximum atomic E-state index is 13.7. The van der Waals surface area contributed by atoms with Crippen molar-refractivity contribution in [3.05, 3.63) is 89.0 Å². The fourth-order valence-corrected chi connectivity index (χ4v) is 4.44. The van der Waals surface area contributed by atoms with Crippen molar-refractivity contribution >= 4 is 12.1 Å². The second kappa shape index (κ2) is 11.6. The third-order valence-electron chi connectivity index (χ3n) is 6.64. The number of benzene rings is 3. The van der Waals surface area contributed by atoms with Crippen LogP contribution in [0.1, 0.15) is 41.5 Å². The number of alkyl halides is 3. The number of rotatable bonds is 9. The molecule has 9 heteroatoms. The van der Waals surface area contributed by atoms with Crippen LogP contribution in [0.15, 0.2) is 66.7 Å². The SMILES string of the molecule is COc1ccc(CC(=O)O)cc1-c1ccc(C(F)(F)F)cc1CN(C(=O)OCc1ccccc1)C1CCC1. The fraction of sp³-hybridized carbons (Fsp3) is 0.310. The van der Waals surface area contributed by atoms with Crippen LogP contribution in [0.2, 0.25) is 0 Å². The van der Waals surface area contributed by atoms with Crippen molar-refractivity contribution in [2.75, 3.05) is 7.11 Å². The molecule has 0 spiro atoms. The Bertz CT molecular complexity index is 1290. The van der Waals surface area contributed by atoms with Crippen LogP contribution in [0.25, 0.3) is 11.1 Å². The molecule has 1 N–H and O–H groups in total. The summed E-state index contributed by atoms with van der Waals surface area (Å²) in [5, 5.41) is 9.23. The van der Waals surface area contributed by atoms with E-state index in [1.165, 1.54) is 18.1 Å². The van der Waals surface area contributed by atoms with Crippen molar-refractivity contribution in [3.63, 3.8) is 0 Å². The first-order chi connectivity index (χ1) is 18.2. The molecule has 38 heavy (non-hydrogen) atoms. The lowest BCUT2D eigenvalue weighted by Gasteiger charge is -2.37. The van der Waals surface area contributed by atoms with Gasteiger partial charge in [-0.15, -0.1) is 0 Å². The third-order valence-corrected chi connectivity index (χ3v) is 6.64. The summed E-state index contributed by atoms with van der Waals surface area (Å²) < 4.78 is 52.1. The van der Waals surface area contributed by atoms with Gasteiger partial charge in [0.15, 0.2) is 0 Å². The zero-order chi connectivity index (χ0) is 27.3. The van der Waals surface area contributed by atoms with E-state index in [4.69, 9.17) is 9.47 Å². The Kier molecular flexibility index (Phi) is 8.24. The summed E-state index contributed by atoms with van der Waals surface area (Å²) in [6.45, 7) is -0.0622. The van der Waals surface area contributed by atoms with Crippen LogP contribution in [-0.4, -0.2) is 35.2 Å². The molecule has 0 saturated heterocycles. The van der Waals surface area contributed by atoms with Crippen LogP contribution in [0, 0.1) is 0 Å². The van der Waals surface area contributed by atoms with E-state index in [-0.39, 0.29) is 31.2 Å². The normalized spacial score (nSPS) is 13.5. The number of amides is 1. The minimum Gasteiger partial charge on any atom is -0.496 e. The van der Waals surface area contributed by atoms with Gasteiger partial charge < -0.3 is 19.5 Å². The molecule has 0 atom stereocenters. The molecule has 3 aromatic rings. The second-order valence-electron chi connectivity index (χ2n) is 9.23. The van der Waals surface area contributed by atoms with E-state index in [1.54, 1.807) is 18.2 Å². The molecule has 0 radical (unpaired) electrons. The van der Waals surface area contributed by atoms with Crippen molar-refractivity contribution in [3.8, 4) is 16.9 Å². The summed E-state index contributed by atoms with van der Waals surface area (Å²) in [4.78, 5) is 25.9. The molecular weight excluding hydrogens is 499 g/mol. The van der Waals surface area contributed by atoms with Gasteiger partial charge in [-0.2, -0.15) is 13.2 Å². The molecule has 4 rings (SSSR count). The monoisotopic (exact) mass is 527 g/mol. The topological polar surface area (TPSA) is 76.1 Å². The summed E-state index contributed by atoms with van der Waals surface area (Å²) in [5.41, 5.74) is 1.55. The Morgan fingerprint density at radius 1 is 0.974 bits per heavy atom. The number of nitrogens with zero attached hydrogens (tertiary/aromatic N) is 1. The highest BCUT2D eigenvalue weighted by molar-refractivity contribution is 5.77. The van der Waals surface area contributed by atoms with E-state index in [9.17, 15) is 27.9 Å². The number of hydrogen-bond acceptors (Lipinski definition) is 4. The lowest BCUT2D eigenvalue weighted by atomic mass is 9.90. The molecule has 1 aliphatic carbocycles. The van der Waals surface area contributed by atoms with Crippen LogP contribution < -0.4 is 4.74 Å². The van der Waals surface area contributed by atoms with Gasteiger partial charge in [-0.05, 0) is 65.8 Å². The Morgan fingerprint density at radius 3 is 2.32 bits per heavy atom. The summed E-state index contributed by atoms with van der Waals surface area (Å²) in [7, 11) is 1.43. The van der Waals surface area contributed by atoms with Gasteiger partial charge >= 0.3 is 18.2 Å². The zero-order valence-corrected chi connectivity index (χ0v) is 20.8. The second-order valence-corrected chi connectivity index (χ2v) is 9.23. The first-order valence-electron chi connectivity index (χ1n) is 12.2. The molecule has 1 fully saturated rings. The predicted molar refractivity (Wildman–Crippen MR) is 135 cm³/mol. The van der Waals surface area contributed by atoms with Gasteiger partial charge in [0, 0.05) is 18.2 Å². The van der Waals surface area contributed by atoms with Gasteiger partial charge in [-0.1, -0.05) is 42.5 Å². The highest BCUT2D eigenvalue weighted by atomic mass is 19.4. The first-order valence-corrected chi connectivity index (χ1v) is 12.2. The van der Waals surface area contributed by atoms with E-state index in [0.29, 0.717) is 22.4 Å². The van der Waals surface area contributed by atoms with Crippen LogP contribution in [-0.2, 0) is 35.3 Å². The van der Waals surface area contributed by atoms with E-state index < -0.39 is 23.8 Å². The summed E-state index contributed by atoms with van der Waals surface area (Å²) >= 11 is 0. The summed E-state index contributed by atoms with van der Waals surface area (Å²) in [6, 6.07) is 17.1. The Labute approximate surface area is 218 Å². The van der Waals surface area contributed by atoms with E-state index in [0.717, 1.165) is 37.0 Å². The van der Waals surface area contributed by atoms with Crippen molar-refractivity contribution in [1.82, 2.24) is 4.90 Å². The number of ether oxygens (including phenoxy) is 2. The number of methoxy groups -OCH3 is 1. The highest BCUT2D eigenvalue weighted by Gasteiger charge is 2.34. The largest absolute Gasteiger partial charge is 0.496 e. The molecular formula is C29H28F3NO5. The molecule has 3 aromatic carbocycles. The van der Waals surface area contributed by atoms with Gasteiger partial charge in [-0.25, -0.2) is 4.79 Å². The molecule has 1 saturated carbocycles. The predicted octanol–water partition coefficient (Wildman–Crippen LogP) is 6.70. The van der Waals surface area contributed by atoms with Crippen LogP contribution >= 0.6 is 0 Å². The maximum Gasteiger partial charge on any atom is 0.416 e. The van der Waals surface area contributed by atoms with Crippen LogP contribution in [0.4, 0.5) is 18.0 Å².